The summed E-state index contributed by atoms with van der Waals surface area (Å²) in [5.74, 6) is 0.862. The molecule has 6 rings (SSSR count). The molecule has 0 amide bonds. The lowest BCUT2D eigenvalue weighted by Gasteiger charge is -2.20. The molecule has 2 aliphatic heterocycles. The molecule has 6 nitrogen and oxygen atoms in total. The molecular weight excluding hydrogens is 405 g/mol. The lowest BCUT2D eigenvalue weighted by molar-refractivity contribution is 0.231. The van der Waals surface area contributed by atoms with E-state index in [2.05, 4.69) is 55.2 Å². The number of imidazole rings is 1. The van der Waals surface area contributed by atoms with Crippen LogP contribution in [0.4, 0.5) is 10.1 Å². The third-order valence-electron chi connectivity index (χ3n) is 6.55. The van der Waals surface area contributed by atoms with Crippen LogP contribution in [-0.4, -0.2) is 45.0 Å². The van der Waals surface area contributed by atoms with Gasteiger partial charge in [-0.05, 0) is 47.5 Å². The van der Waals surface area contributed by atoms with Crippen molar-refractivity contribution in [1.29, 1.82) is 0 Å². The van der Waals surface area contributed by atoms with Crippen LogP contribution in [0, 0.1) is 11.7 Å². The molecule has 4 aromatic rings. The smallest absolute Gasteiger partial charge is 0.161 e. The molecule has 32 heavy (non-hydrogen) atoms. The van der Waals surface area contributed by atoms with E-state index in [4.69, 9.17) is 0 Å². The molecule has 2 aromatic heterocycles. The second-order valence-corrected chi connectivity index (χ2v) is 8.56. The van der Waals surface area contributed by atoms with Crippen molar-refractivity contribution in [3.8, 4) is 28.3 Å². The van der Waals surface area contributed by atoms with Crippen LogP contribution >= 0.6 is 0 Å². The number of aliphatic hydroxyl groups is 1. The van der Waals surface area contributed by atoms with Crippen molar-refractivity contribution in [3.63, 3.8) is 0 Å². The molecule has 2 aliphatic rings. The minimum atomic E-state index is -0.236. The fraction of sp³-hybridized carbons (Fsp3) is 0.240. The number of halogens is 1. The van der Waals surface area contributed by atoms with Gasteiger partial charge in [0.2, 0.25) is 0 Å². The van der Waals surface area contributed by atoms with Gasteiger partial charge in [-0.3, -0.25) is 4.57 Å². The monoisotopic (exact) mass is 429 g/mol. The van der Waals surface area contributed by atoms with Crippen LogP contribution in [0.1, 0.15) is 5.56 Å². The number of anilines is 1. The van der Waals surface area contributed by atoms with Gasteiger partial charge >= 0.3 is 0 Å². The summed E-state index contributed by atoms with van der Waals surface area (Å²) in [7, 11) is 0. The van der Waals surface area contributed by atoms with Crippen molar-refractivity contribution in [2.75, 3.05) is 25.0 Å². The molecule has 0 radical (unpaired) electrons. The summed E-state index contributed by atoms with van der Waals surface area (Å²) in [4.78, 5) is 4.64. The number of hydrogen-bond acceptors (Lipinski definition) is 4. The first-order chi connectivity index (χ1) is 15.7. The Hall–Kier alpha value is -3.42. The second kappa shape index (κ2) is 7.62. The molecule has 7 heteroatoms. The highest BCUT2D eigenvalue weighted by Crippen LogP contribution is 2.35. The molecule has 0 aliphatic carbocycles. The van der Waals surface area contributed by atoms with Crippen molar-refractivity contribution >= 4 is 5.69 Å². The third kappa shape index (κ3) is 3.21. The third-order valence-corrected chi connectivity index (χ3v) is 6.55. The minimum absolute atomic E-state index is 0.174. The Morgan fingerprint density at radius 2 is 1.97 bits per heavy atom. The summed E-state index contributed by atoms with van der Waals surface area (Å²) in [6.07, 6.45) is 5.92. The standard InChI is InChI=1S/C25H24FN5O/c26-20-3-1-16(2-4-20)17-10-24-25-28-7-8-31(25)23-6-5-21(9-18(23)14-30(24)13-17)29-22-12-27-11-19(22)15-32/h1-10,13,19,22,27,29,32H,11-12,14-15H2. The van der Waals surface area contributed by atoms with Crippen LogP contribution in [0.5, 0.6) is 0 Å². The van der Waals surface area contributed by atoms with Crippen LogP contribution in [0.2, 0.25) is 0 Å². The van der Waals surface area contributed by atoms with Gasteiger partial charge in [0.1, 0.15) is 5.82 Å². The molecule has 162 valence electrons. The zero-order chi connectivity index (χ0) is 21.7. The first-order valence-corrected chi connectivity index (χ1v) is 10.9. The van der Waals surface area contributed by atoms with Gasteiger partial charge in [0, 0.05) is 68.0 Å². The van der Waals surface area contributed by atoms with E-state index >= 15 is 0 Å². The lowest BCUT2D eigenvalue weighted by Crippen LogP contribution is -2.30. The summed E-state index contributed by atoms with van der Waals surface area (Å²) in [6.45, 7) is 2.55. The van der Waals surface area contributed by atoms with Crippen molar-refractivity contribution in [1.82, 2.24) is 19.4 Å². The highest BCUT2D eigenvalue weighted by Gasteiger charge is 2.27. The Morgan fingerprint density at radius 1 is 1.09 bits per heavy atom. The number of nitrogens with one attached hydrogen (secondary N) is 2. The molecular formula is C25H24FN5O. The summed E-state index contributed by atoms with van der Waals surface area (Å²) in [5.41, 5.74) is 6.38. The van der Waals surface area contributed by atoms with Gasteiger partial charge in [-0.15, -0.1) is 0 Å². The van der Waals surface area contributed by atoms with Crippen LogP contribution < -0.4 is 10.6 Å². The molecule has 0 bridgehead atoms. The van der Waals surface area contributed by atoms with E-state index in [0.717, 1.165) is 47.1 Å². The molecule has 2 unspecified atom stereocenters. The summed E-state index contributed by atoms with van der Waals surface area (Å²) < 4.78 is 17.7. The van der Waals surface area contributed by atoms with E-state index in [1.165, 1.54) is 17.7 Å². The van der Waals surface area contributed by atoms with E-state index in [-0.39, 0.29) is 24.4 Å². The van der Waals surface area contributed by atoms with Gasteiger partial charge in [0.05, 0.1) is 11.4 Å². The van der Waals surface area contributed by atoms with Crippen LogP contribution in [0.25, 0.3) is 28.3 Å². The minimum Gasteiger partial charge on any atom is -0.396 e. The summed E-state index contributed by atoms with van der Waals surface area (Å²) >= 11 is 0. The molecule has 2 aromatic carbocycles. The van der Waals surface area contributed by atoms with Crippen molar-refractivity contribution in [2.24, 2.45) is 5.92 Å². The number of fused-ring (bicyclic) bond motifs is 5. The van der Waals surface area contributed by atoms with Gasteiger partial charge in [-0.2, -0.15) is 0 Å². The maximum atomic E-state index is 13.4. The molecule has 1 fully saturated rings. The quantitative estimate of drug-likeness (QED) is 0.409. The van der Waals surface area contributed by atoms with Gasteiger partial charge < -0.3 is 20.3 Å². The number of rotatable bonds is 4. The number of benzene rings is 2. The molecule has 1 saturated heterocycles. The zero-order valence-electron chi connectivity index (χ0n) is 17.5. The predicted molar refractivity (Wildman–Crippen MR) is 122 cm³/mol. The van der Waals surface area contributed by atoms with Gasteiger partial charge in [-0.1, -0.05) is 12.1 Å². The molecule has 0 spiro atoms. The Morgan fingerprint density at radius 3 is 2.81 bits per heavy atom. The van der Waals surface area contributed by atoms with Crippen LogP contribution in [-0.2, 0) is 6.54 Å². The summed E-state index contributed by atoms with van der Waals surface area (Å²) in [6, 6.07) is 15.3. The first-order valence-electron chi connectivity index (χ1n) is 10.9. The Kier molecular flexibility index (Phi) is 4.59. The number of hydrogen-bond donors (Lipinski definition) is 3. The SMILES string of the molecule is OCC1CNCC1Nc1ccc2c(c1)Cn1cc(-c3ccc(F)cc3)cc1-c1nccn1-2. The van der Waals surface area contributed by atoms with Crippen molar-refractivity contribution in [3.05, 3.63) is 78.5 Å². The molecule has 4 heterocycles. The summed E-state index contributed by atoms with van der Waals surface area (Å²) in [5, 5.41) is 16.6. The normalized spacial score (nSPS) is 19.2. The molecule has 0 saturated carbocycles. The second-order valence-electron chi connectivity index (χ2n) is 8.56. The van der Waals surface area contributed by atoms with E-state index in [1.807, 2.05) is 12.4 Å². The largest absolute Gasteiger partial charge is 0.396 e. The highest BCUT2D eigenvalue weighted by atomic mass is 19.1. The fourth-order valence-corrected chi connectivity index (χ4v) is 4.84. The maximum absolute atomic E-state index is 13.4. The number of nitrogens with zero attached hydrogens (tertiary/aromatic N) is 3. The average molecular weight is 429 g/mol. The average Bonchev–Trinajstić information content (AvgIpc) is 3.53. The number of aliphatic hydroxyl groups excluding tert-OH is 1. The zero-order valence-corrected chi connectivity index (χ0v) is 17.5. The van der Waals surface area contributed by atoms with Crippen LogP contribution in [0.3, 0.4) is 0 Å². The van der Waals surface area contributed by atoms with Gasteiger partial charge in [0.25, 0.3) is 0 Å². The van der Waals surface area contributed by atoms with E-state index in [0.29, 0.717) is 6.54 Å². The highest BCUT2D eigenvalue weighted by molar-refractivity contribution is 5.72. The van der Waals surface area contributed by atoms with Crippen molar-refractivity contribution < 1.29 is 9.50 Å². The maximum Gasteiger partial charge on any atom is 0.161 e. The predicted octanol–water partition coefficient (Wildman–Crippen LogP) is 3.50. The fourth-order valence-electron chi connectivity index (χ4n) is 4.84. The molecule has 2 atom stereocenters. The Bertz CT molecular complexity index is 1280. The Labute approximate surface area is 185 Å². The van der Waals surface area contributed by atoms with E-state index in [9.17, 15) is 9.50 Å². The lowest BCUT2D eigenvalue weighted by atomic mass is 10.0. The van der Waals surface area contributed by atoms with Crippen molar-refractivity contribution in [2.45, 2.75) is 12.6 Å². The molecule has 3 N–H and O–H groups in total. The van der Waals surface area contributed by atoms with E-state index in [1.54, 1.807) is 12.1 Å². The number of aromatic nitrogens is 3. The first kappa shape index (κ1) is 19.3. The Balaban J connectivity index is 1.39. The van der Waals surface area contributed by atoms with Crippen LogP contribution in [0.15, 0.2) is 67.1 Å². The topological polar surface area (TPSA) is 67.0 Å². The van der Waals surface area contributed by atoms with Gasteiger partial charge in [-0.25, -0.2) is 9.37 Å². The van der Waals surface area contributed by atoms with E-state index < -0.39 is 0 Å². The van der Waals surface area contributed by atoms with Gasteiger partial charge in [0.15, 0.2) is 5.82 Å².